The molecule has 6 aromatic rings. The van der Waals surface area contributed by atoms with Crippen molar-refractivity contribution in [3.63, 3.8) is 0 Å². The molecule has 0 fully saturated rings. The van der Waals surface area contributed by atoms with Gasteiger partial charge in [0, 0.05) is 0 Å². The maximum absolute atomic E-state index is 2.62. The van der Waals surface area contributed by atoms with Crippen molar-refractivity contribution in [2.75, 3.05) is 0 Å². The molecular formula is C38H36Ga2Se2-2. The van der Waals surface area contributed by atoms with Crippen LogP contribution < -0.4 is 24.7 Å². The van der Waals surface area contributed by atoms with E-state index in [-0.39, 0.29) is 0 Å². The SMILES string of the molecule is C[Se].C[Se].c1cc[c]([Ga-]([c]2ccccc2)[c]2ccccc2)cc1.c1cc[c]([Ga-]([c]2ccccc2)[c]2ccccc2)cc1. The molecule has 0 unspecified atom stereocenters. The summed E-state index contributed by atoms with van der Waals surface area (Å²) >= 11 is 1.50. The van der Waals surface area contributed by atoms with E-state index in [0.717, 1.165) is 0 Å². The fraction of sp³-hybridized carbons (Fsp3) is 0.0526. The fourth-order valence-corrected chi connectivity index (χ4v) is 17.5. The number of rotatable bonds is 6. The summed E-state index contributed by atoms with van der Waals surface area (Å²) in [5.74, 6) is 3.75. The van der Waals surface area contributed by atoms with E-state index in [1.807, 2.05) is 11.6 Å². The molecule has 0 nitrogen and oxygen atoms in total. The molecule has 0 saturated carbocycles. The molecule has 0 aliphatic carbocycles. The van der Waals surface area contributed by atoms with Gasteiger partial charge in [-0.25, -0.2) is 0 Å². The van der Waals surface area contributed by atoms with Crippen molar-refractivity contribution in [1.82, 2.24) is 0 Å². The van der Waals surface area contributed by atoms with Gasteiger partial charge in [0.15, 0.2) is 0 Å². The zero-order valence-electron chi connectivity index (χ0n) is 24.3. The molecule has 0 N–H and O–H groups in total. The van der Waals surface area contributed by atoms with Crippen molar-refractivity contribution in [2.45, 2.75) is 11.6 Å². The third-order valence-corrected chi connectivity index (χ3v) is 20.0. The Morgan fingerprint density at radius 2 is 0.357 bits per heavy atom. The summed E-state index contributed by atoms with van der Waals surface area (Å²) in [7, 11) is 0. The molecule has 4 heteroatoms. The van der Waals surface area contributed by atoms with Crippen LogP contribution in [0.3, 0.4) is 0 Å². The van der Waals surface area contributed by atoms with E-state index < -0.39 is 32.4 Å². The summed E-state index contributed by atoms with van der Waals surface area (Å²) in [6, 6.07) is 65.8. The Morgan fingerprint density at radius 1 is 0.238 bits per heavy atom. The van der Waals surface area contributed by atoms with Crippen molar-refractivity contribution >= 4 is 89.2 Å². The molecule has 0 spiro atoms. The van der Waals surface area contributed by atoms with Crippen LogP contribution in [-0.4, -0.2) is 64.5 Å². The van der Waals surface area contributed by atoms with Crippen LogP contribution in [-0.2, 0) is 0 Å². The quantitative estimate of drug-likeness (QED) is 0.213. The Labute approximate surface area is 280 Å². The zero-order chi connectivity index (χ0) is 29.8. The van der Waals surface area contributed by atoms with Crippen molar-refractivity contribution in [2.24, 2.45) is 0 Å². The van der Waals surface area contributed by atoms with Crippen molar-refractivity contribution in [3.8, 4) is 0 Å². The summed E-state index contributed by atoms with van der Waals surface area (Å²) in [4.78, 5) is 0. The Kier molecular flexibility index (Phi) is 16.7. The molecule has 0 aromatic heterocycles. The average Bonchev–Trinajstić information content (AvgIpc) is 3.10. The van der Waals surface area contributed by atoms with Crippen LogP contribution in [0.5, 0.6) is 0 Å². The van der Waals surface area contributed by atoms with Gasteiger partial charge in [-0.1, -0.05) is 0 Å². The Morgan fingerprint density at radius 3 is 0.476 bits per heavy atom. The summed E-state index contributed by atoms with van der Waals surface area (Å²) in [5.41, 5.74) is 0. The van der Waals surface area contributed by atoms with Gasteiger partial charge in [-0.15, -0.1) is 0 Å². The van der Waals surface area contributed by atoms with E-state index in [2.05, 4.69) is 214 Å². The molecule has 0 bridgehead atoms. The first-order valence-corrected chi connectivity index (χ1v) is 24.7. The fourth-order valence-electron chi connectivity index (χ4n) is 5.03. The van der Waals surface area contributed by atoms with Gasteiger partial charge in [0.2, 0.25) is 0 Å². The van der Waals surface area contributed by atoms with Gasteiger partial charge in [0.25, 0.3) is 0 Å². The topological polar surface area (TPSA) is 0 Å². The monoisotopic (exact) mass is 790 g/mol. The Hall–Kier alpha value is -2.37. The van der Waals surface area contributed by atoms with Gasteiger partial charge in [-0.2, -0.15) is 0 Å². The second-order valence-corrected chi connectivity index (χ2v) is 21.4. The first kappa shape index (κ1) is 34.1. The summed E-state index contributed by atoms with van der Waals surface area (Å²) in [6.45, 7) is 0. The van der Waals surface area contributed by atoms with E-state index in [1.54, 1.807) is 0 Å². The van der Waals surface area contributed by atoms with Gasteiger partial charge in [-0.05, 0) is 0 Å². The molecule has 42 heavy (non-hydrogen) atoms. The first-order valence-electron chi connectivity index (χ1n) is 14.0. The number of hydrogen-bond donors (Lipinski definition) is 0. The van der Waals surface area contributed by atoms with Gasteiger partial charge >= 0.3 is 283 Å². The molecule has 0 amide bonds. The molecule has 0 heterocycles. The van der Waals surface area contributed by atoms with Gasteiger partial charge in [0.05, 0.1) is 0 Å². The van der Waals surface area contributed by atoms with Crippen LogP contribution in [0.4, 0.5) is 0 Å². The second kappa shape index (κ2) is 20.5. The van der Waals surface area contributed by atoms with E-state index in [0.29, 0.717) is 0 Å². The molecule has 0 atom stereocenters. The summed E-state index contributed by atoms with van der Waals surface area (Å²) < 4.78 is 9.12. The first-order chi connectivity index (χ1) is 20.9. The average molecular weight is 790 g/mol. The third kappa shape index (κ3) is 10.4. The minimum atomic E-state index is -1.87. The molecule has 0 saturated heterocycles. The van der Waals surface area contributed by atoms with Crippen LogP contribution in [0, 0.1) is 0 Å². The Bertz CT molecular complexity index is 1180. The number of benzene rings is 6. The predicted molar refractivity (Wildman–Crippen MR) is 191 cm³/mol. The summed E-state index contributed by atoms with van der Waals surface area (Å²) in [5, 5.41) is 0. The standard InChI is InChI=1S/6C6H5.2CH3Se.2Ga/c6*1-2-4-6-5-3-1;2*1-2;;/h6*1-5H;2*1H3;;/q;;;;;;;;2*-1. The zero-order valence-corrected chi connectivity index (χ0v) is 32.6. The normalized spacial score (nSPS) is 9.86. The van der Waals surface area contributed by atoms with Crippen LogP contribution >= 0.6 is 0 Å². The van der Waals surface area contributed by atoms with Crippen molar-refractivity contribution in [3.05, 3.63) is 182 Å². The predicted octanol–water partition coefficient (Wildman–Crippen LogP) is 4.81. The van der Waals surface area contributed by atoms with E-state index in [4.69, 9.17) is 0 Å². The molecule has 6 aromatic carbocycles. The Balaban J connectivity index is 0.000000206. The molecule has 0 aliphatic heterocycles. The molecule has 4 radical (unpaired) electrons. The molecule has 0 aliphatic rings. The van der Waals surface area contributed by atoms with Crippen LogP contribution in [0.1, 0.15) is 0 Å². The van der Waals surface area contributed by atoms with E-state index in [9.17, 15) is 0 Å². The molecular weight excluding hydrogens is 754 g/mol. The van der Waals surface area contributed by atoms with Crippen molar-refractivity contribution < 1.29 is 0 Å². The van der Waals surface area contributed by atoms with Crippen LogP contribution in [0.15, 0.2) is 182 Å². The van der Waals surface area contributed by atoms with Crippen LogP contribution in [0.2, 0.25) is 11.6 Å². The van der Waals surface area contributed by atoms with E-state index in [1.165, 1.54) is 24.7 Å². The molecule has 208 valence electrons. The van der Waals surface area contributed by atoms with Gasteiger partial charge in [-0.3, -0.25) is 0 Å². The maximum atomic E-state index is 2.62. The van der Waals surface area contributed by atoms with Crippen LogP contribution in [0.25, 0.3) is 0 Å². The van der Waals surface area contributed by atoms with E-state index >= 15 is 0 Å². The van der Waals surface area contributed by atoms with Gasteiger partial charge < -0.3 is 0 Å². The summed E-state index contributed by atoms with van der Waals surface area (Å²) in [6.07, 6.45) is 0. The number of hydrogen-bond acceptors (Lipinski definition) is 0. The minimum absolute atomic E-state index is 1.52. The third-order valence-electron chi connectivity index (χ3n) is 6.80. The second-order valence-electron chi connectivity index (χ2n) is 9.33. The molecule has 6 rings (SSSR count). The van der Waals surface area contributed by atoms with Gasteiger partial charge in [0.1, 0.15) is 0 Å². The van der Waals surface area contributed by atoms with Crippen molar-refractivity contribution in [1.29, 1.82) is 0 Å².